The lowest BCUT2D eigenvalue weighted by Crippen LogP contribution is -2.21. The third kappa shape index (κ3) is 5.82. The van der Waals surface area contributed by atoms with Crippen LogP contribution in [0.5, 0.6) is 0 Å². The topological polar surface area (TPSA) is 76.2 Å². The smallest absolute Gasteiger partial charge is 0.475 e. The van der Waals surface area contributed by atoms with Crippen molar-refractivity contribution >= 4 is 5.97 Å². The molecule has 0 unspecified atom stereocenters. The van der Waals surface area contributed by atoms with Crippen molar-refractivity contribution in [3.05, 3.63) is 29.3 Å². The Balaban J connectivity index is 0.000000441. The van der Waals surface area contributed by atoms with Crippen LogP contribution in [0.1, 0.15) is 11.3 Å². The normalized spacial score (nSPS) is 11.6. The first-order valence-electron chi connectivity index (χ1n) is 4.61. The van der Waals surface area contributed by atoms with E-state index in [4.69, 9.17) is 15.6 Å². The summed E-state index contributed by atoms with van der Waals surface area (Å²) in [5.41, 5.74) is 3.74. The summed E-state index contributed by atoms with van der Waals surface area (Å²) in [5.74, 6) is -3.79. The van der Waals surface area contributed by atoms with E-state index in [9.17, 15) is 30.7 Å². The van der Waals surface area contributed by atoms with Crippen molar-refractivity contribution in [1.82, 2.24) is 4.98 Å². The minimum absolute atomic E-state index is 0.173. The molecule has 1 aromatic heterocycles. The zero-order valence-electron chi connectivity index (χ0n) is 9.39. The number of nitrogens with zero attached hydrogens (tertiary/aromatic N) is 1. The Bertz CT molecular complexity index is 470. The van der Waals surface area contributed by atoms with E-state index < -0.39 is 29.7 Å². The predicted octanol–water partition coefficient (Wildman–Crippen LogP) is 2.33. The Morgan fingerprint density at radius 1 is 1.25 bits per heavy atom. The highest BCUT2D eigenvalue weighted by Crippen LogP contribution is 2.29. The second kappa shape index (κ2) is 6.50. The molecule has 0 saturated carbocycles. The van der Waals surface area contributed by atoms with Crippen LogP contribution in [-0.4, -0.2) is 22.2 Å². The Hall–Kier alpha value is -1.91. The van der Waals surface area contributed by atoms with Gasteiger partial charge in [0.05, 0.1) is 11.3 Å². The van der Waals surface area contributed by atoms with Crippen LogP contribution in [0.15, 0.2) is 12.3 Å². The number of pyridine rings is 1. The van der Waals surface area contributed by atoms with Crippen molar-refractivity contribution in [1.29, 1.82) is 0 Å². The lowest BCUT2D eigenvalue weighted by Gasteiger charge is -2.06. The number of halogens is 7. The number of nitrogens with two attached hydrogens (primary N) is 1. The fraction of sp³-hybridized carbons (Fsp3) is 0.333. The van der Waals surface area contributed by atoms with Gasteiger partial charge < -0.3 is 10.8 Å². The van der Waals surface area contributed by atoms with Crippen LogP contribution in [-0.2, 0) is 17.5 Å². The maximum absolute atomic E-state index is 12.7. The predicted molar refractivity (Wildman–Crippen MR) is 50.8 cm³/mol. The van der Waals surface area contributed by atoms with E-state index in [0.29, 0.717) is 12.3 Å². The molecule has 0 amide bonds. The molecule has 0 radical (unpaired) electrons. The molecule has 0 aliphatic rings. The Kier molecular flexibility index (Phi) is 5.88. The van der Waals surface area contributed by atoms with Gasteiger partial charge in [-0.2, -0.15) is 26.3 Å². The summed E-state index contributed by atoms with van der Waals surface area (Å²) >= 11 is 0. The van der Waals surface area contributed by atoms with Gasteiger partial charge >= 0.3 is 18.3 Å². The van der Waals surface area contributed by atoms with Gasteiger partial charge in [-0.1, -0.05) is 0 Å². The molecule has 11 heteroatoms. The molecule has 0 spiro atoms. The number of hydrogen-bond donors (Lipinski definition) is 2. The quantitative estimate of drug-likeness (QED) is 0.781. The molecular weight excluding hydrogens is 301 g/mol. The van der Waals surface area contributed by atoms with E-state index in [1.54, 1.807) is 0 Å². The van der Waals surface area contributed by atoms with Gasteiger partial charge in [0.25, 0.3) is 0 Å². The number of carboxylic acid groups (broad SMARTS) is 1. The van der Waals surface area contributed by atoms with E-state index in [0.717, 1.165) is 0 Å². The SMILES string of the molecule is NCc1ncc(C(F)(F)F)cc1F.O=C(O)C(F)(F)F. The minimum atomic E-state index is -5.08. The standard InChI is InChI=1S/C7H6F4N2.C2HF3O2/c8-5-1-4(7(9,10)11)3-13-6(5)2-12;3-2(4,5)1(6)7/h1,3H,2,12H2;(H,6,7). The molecule has 0 fully saturated rings. The molecule has 114 valence electrons. The maximum atomic E-state index is 12.7. The average Bonchev–Trinajstić information content (AvgIpc) is 2.27. The number of carboxylic acids is 1. The molecule has 20 heavy (non-hydrogen) atoms. The first-order valence-corrected chi connectivity index (χ1v) is 4.61. The maximum Gasteiger partial charge on any atom is 0.490 e. The van der Waals surface area contributed by atoms with Gasteiger partial charge in [-0.05, 0) is 6.07 Å². The van der Waals surface area contributed by atoms with E-state index in [1.807, 2.05) is 0 Å². The highest BCUT2D eigenvalue weighted by atomic mass is 19.4. The van der Waals surface area contributed by atoms with Gasteiger partial charge in [-0.15, -0.1) is 0 Å². The largest absolute Gasteiger partial charge is 0.490 e. The monoisotopic (exact) mass is 308 g/mol. The fourth-order valence-corrected chi connectivity index (χ4v) is 0.771. The Morgan fingerprint density at radius 2 is 1.70 bits per heavy atom. The number of hydrogen-bond acceptors (Lipinski definition) is 3. The highest BCUT2D eigenvalue weighted by Gasteiger charge is 2.38. The van der Waals surface area contributed by atoms with Gasteiger partial charge in [0.1, 0.15) is 5.82 Å². The first kappa shape index (κ1) is 18.1. The van der Waals surface area contributed by atoms with Crippen LogP contribution in [0, 0.1) is 5.82 Å². The molecule has 0 aromatic carbocycles. The summed E-state index contributed by atoms with van der Waals surface area (Å²) < 4.78 is 80.4. The van der Waals surface area contributed by atoms with E-state index in [2.05, 4.69) is 4.98 Å². The van der Waals surface area contributed by atoms with Crippen LogP contribution < -0.4 is 5.73 Å². The summed E-state index contributed by atoms with van der Waals surface area (Å²) in [5, 5.41) is 7.12. The molecule has 4 nitrogen and oxygen atoms in total. The zero-order valence-corrected chi connectivity index (χ0v) is 9.39. The van der Waals surface area contributed by atoms with E-state index in [1.165, 1.54) is 0 Å². The third-order valence-electron chi connectivity index (χ3n) is 1.68. The van der Waals surface area contributed by atoms with Gasteiger partial charge in [-0.3, -0.25) is 4.98 Å². The summed E-state index contributed by atoms with van der Waals surface area (Å²) in [7, 11) is 0. The number of rotatable bonds is 1. The van der Waals surface area contributed by atoms with Gasteiger partial charge in [-0.25, -0.2) is 9.18 Å². The molecule has 1 rings (SSSR count). The molecule has 0 aliphatic carbocycles. The van der Waals surface area contributed by atoms with Crippen LogP contribution in [0.2, 0.25) is 0 Å². The Labute approximate surface area is 107 Å². The van der Waals surface area contributed by atoms with Crippen molar-refractivity contribution in [2.24, 2.45) is 5.73 Å². The fourth-order valence-electron chi connectivity index (χ4n) is 0.771. The molecule has 1 aromatic rings. The molecule has 3 N–H and O–H groups in total. The summed E-state index contributed by atoms with van der Waals surface area (Å²) in [6, 6.07) is 0.384. The summed E-state index contributed by atoms with van der Waals surface area (Å²) in [4.78, 5) is 12.1. The lowest BCUT2D eigenvalue weighted by molar-refractivity contribution is -0.192. The van der Waals surface area contributed by atoms with Crippen LogP contribution >= 0.6 is 0 Å². The van der Waals surface area contributed by atoms with Crippen molar-refractivity contribution in [3.8, 4) is 0 Å². The highest BCUT2D eigenvalue weighted by molar-refractivity contribution is 5.73. The number of carbonyl (C=O) groups is 1. The second-order valence-electron chi connectivity index (χ2n) is 3.16. The van der Waals surface area contributed by atoms with Crippen LogP contribution in [0.25, 0.3) is 0 Å². The van der Waals surface area contributed by atoms with Crippen LogP contribution in [0.4, 0.5) is 30.7 Å². The summed E-state index contributed by atoms with van der Waals surface area (Å²) in [6.07, 6.45) is -9.09. The third-order valence-corrected chi connectivity index (χ3v) is 1.68. The van der Waals surface area contributed by atoms with Gasteiger partial charge in [0, 0.05) is 12.7 Å². The molecule has 0 saturated heterocycles. The average molecular weight is 308 g/mol. The van der Waals surface area contributed by atoms with Crippen molar-refractivity contribution in [3.63, 3.8) is 0 Å². The lowest BCUT2D eigenvalue weighted by atomic mass is 10.2. The molecule has 0 bridgehead atoms. The number of alkyl halides is 6. The van der Waals surface area contributed by atoms with E-state index >= 15 is 0 Å². The van der Waals surface area contributed by atoms with Crippen molar-refractivity contribution in [2.75, 3.05) is 0 Å². The van der Waals surface area contributed by atoms with Gasteiger partial charge in [0.15, 0.2) is 0 Å². The number of aromatic nitrogens is 1. The molecular formula is C9H7F7N2O2. The zero-order chi connectivity index (χ0) is 16.1. The molecule has 1 heterocycles. The second-order valence-corrected chi connectivity index (χ2v) is 3.16. The van der Waals surface area contributed by atoms with Crippen molar-refractivity contribution in [2.45, 2.75) is 18.9 Å². The van der Waals surface area contributed by atoms with E-state index in [-0.39, 0.29) is 12.2 Å². The number of aliphatic carboxylic acids is 1. The van der Waals surface area contributed by atoms with Crippen molar-refractivity contribution < 1.29 is 40.6 Å². The minimum Gasteiger partial charge on any atom is -0.475 e. The molecule has 0 atom stereocenters. The molecule has 0 aliphatic heterocycles. The van der Waals surface area contributed by atoms with Crippen LogP contribution in [0.3, 0.4) is 0 Å². The first-order chi connectivity index (χ1) is 8.89. The summed E-state index contributed by atoms with van der Waals surface area (Å²) in [6.45, 7) is -0.218. The Morgan fingerprint density at radius 3 is 1.95 bits per heavy atom. The van der Waals surface area contributed by atoms with Gasteiger partial charge in [0.2, 0.25) is 0 Å².